The highest BCUT2D eigenvalue weighted by molar-refractivity contribution is 8.00. The second kappa shape index (κ2) is 7.19. The van der Waals surface area contributed by atoms with Crippen LogP contribution in [-0.4, -0.2) is 26.0 Å². The Bertz CT molecular complexity index is 897. The van der Waals surface area contributed by atoms with Crippen molar-refractivity contribution in [2.24, 2.45) is 0 Å². The Kier molecular flexibility index (Phi) is 5.00. The number of hydrogen-bond donors (Lipinski definition) is 2. The van der Waals surface area contributed by atoms with Gasteiger partial charge in [0.25, 0.3) is 0 Å². The molecule has 2 heterocycles. The highest BCUT2D eigenvalue weighted by Gasteiger charge is 2.20. The average molecular weight is 381 g/mol. The van der Waals surface area contributed by atoms with Gasteiger partial charge in [0.15, 0.2) is 17.5 Å². The summed E-state index contributed by atoms with van der Waals surface area (Å²) < 4.78 is 27.4. The normalized spacial score (nSPS) is 12.1. The maximum atomic E-state index is 13.2. The smallest absolute Gasteiger partial charge is 0.237 e. The van der Waals surface area contributed by atoms with E-state index in [1.54, 1.807) is 6.92 Å². The molecule has 1 amide bonds. The van der Waals surface area contributed by atoms with Crippen molar-refractivity contribution >= 4 is 34.7 Å². The number of hydrogen-bond acceptors (Lipinski definition) is 6. The molecule has 25 heavy (non-hydrogen) atoms. The average Bonchev–Trinajstić information content (AvgIpc) is 3.21. The first-order valence-electron chi connectivity index (χ1n) is 7.12. The van der Waals surface area contributed by atoms with E-state index in [1.807, 2.05) is 17.5 Å². The molecule has 0 saturated heterocycles. The maximum absolute atomic E-state index is 13.2. The number of amides is 1. The van der Waals surface area contributed by atoms with E-state index in [4.69, 9.17) is 5.84 Å². The van der Waals surface area contributed by atoms with Crippen LogP contribution in [0.3, 0.4) is 0 Å². The number of thioether (sulfide) groups is 1. The minimum absolute atomic E-state index is 0.171. The molecule has 1 atom stereocenters. The van der Waals surface area contributed by atoms with Crippen molar-refractivity contribution in [1.29, 1.82) is 0 Å². The third-order valence-electron chi connectivity index (χ3n) is 3.24. The van der Waals surface area contributed by atoms with Gasteiger partial charge in [0, 0.05) is 11.8 Å². The summed E-state index contributed by atoms with van der Waals surface area (Å²) in [6.07, 6.45) is 0. The van der Waals surface area contributed by atoms with E-state index in [2.05, 4.69) is 15.5 Å². The molecule has 1 aromatic carbocycles. The number of anilines is 1. The molecule has 0 bridgehead atoms. The minimum Gasteiger partial charge on any atom is -0.335 e. The fourth-order valence-corrected chi connectivity index (χ4v) is 3.44. The highest BCUT2D eigenvalue weighted by atomic mass is 32.2. The Balaban J connectivity index is 1.68. The third-order valence-corrected chi connectivity index (χ3v) is 5.17. The van der Waals surface area contributed by atoms with Crippen LogP contribution in [0.4, 0.5) is 14.5 Å². The van der Waals surface area contributed by atoms with E-state index >= 15 is 0 Å². The molecule has 3 aromatic rings. The van der Waals surface area contributed by atoms with Gasteiger partial charge in [-0.15, -0.1) is 21.5 Å². The molecule has 0 saturated carbocycles. The molecular formula is C15H13F2N5OS2. The van der Waals surface area contributed by atoms with Crippen LogP contribution in [0.5, 0.6) is 0 Å². The van der Waals surface area contributed by atoms with Gasteiger partial charge in [-0.2, -0.15) is 0 Å². The number of nitrogens with one attached hydrogen (secondary N) is 1. The van der Waals surface area contributed by atoms with Crippen molar-refractivity contribution < 1.29 is 13.6 Å². The van der Waals surface area contributed by atoms with Crippen LogP contribution in [0.15, 0.2) is 40.9 Å². The standard InChI is InChI=1S/C15H13F2N5OS2/c1-8(14(23)19-9-4-5-10(16)11(17)7-9)25-15-21-20-13(22(15)18)12-3-2-6-24-12/h2-8H,18H2,1H3,(H,19,23). The summed E-state index contributed by atoms with van der Waals surface area (Å²) in [5.74, 6) is 4.10. The number of nitrogens with zero attached hydrogens (tertiary/aromatic N) is 3. The number of halogens is 2. The fourth-order valence-electron chi connectivity index (χ4n) is 1.96. The van der Waals surface area contributed by atoms with Crippen molar-refractivity contribution in [3.8, 4) is 10.7 Å². The molecule has 0 aliphatic carbocycles. The number of nitrogens with two attached hydrogens (primary N) is 1. The summed E-state index contributed by atoms with van der Waals surface area (Å²) in [5.41, 5.74) is 0.171. The summed E-state index contributed by atoms with van der Waals surface area (Å²) in [5, 5.41) is 12.2. The van der Waals surface area contributed by atoms with E-state index in [1.165, 1.54) is 22.1 Å². The molecular weight excluding hydrogens is 368 g/mol. The fraction of sp³-hybridized carbons (Fsp3) is 0.133. The van der Waals surface area contributed by atoms with Crippen LogP contribution in [0.2, 0.25) is 0 Å². The van der Waals surface area contributed by atoms with Gasteiger partial charge in [-0.25, -0.2) is 13.5 Å². The van der Waals surface area contributed by atoms with Gasteiger partial charge in [-0.05, 0) is 30.5 Å². The predicted molar refractivity (Wildman–Crippen MR) is 93.8 cm³/mol. The van der Waals surface area contributed by atoms with Gasteiger partial charge in [0.2, 0.25) is 11.1 Å². The zero-order chi connectivity index (χ0) is 18.0. The second-order valence-corrected chi connectivity index (χ2v) is 7.29. The zero-order valence-corrected chi connectivity index (χ0v) is 14.6. The minimum atomic E-state index is -1.03. The molecule has 2 aromatic heterocycles. The Morgan fingerprint density at radius 1 is 1.32 bits per heavy atom. The van der Waals surface area contributed by atoms with E-state index in [0.717, 1.165) is 28.8 Å². The number of rotatable bonds is 5. The quantitative estimate of drug-likeness (QED) is 0.524. The Labute approximate surface area is 150 Å². The summed E-state index contributed by atoms with van der Waals surface area (Å²) in [4.78, 5) is 13.1. The van der Waals surface area contributed by atoms with Crippen LogP contribution in [-0.2, 0) is 4.79 Å². The largest absolute Gasteiger partial charge is 0.335 e. The zero-order valence-electron chi connectivity index (χ0n) is 12.9. The molecule has 0 fully saturated rings. The Morgan fingerprint density at radius 3 is 2.80 bits per heavy atom. The summed E-state index contributed by atoms with van der Waals surface area (Å²) in [7, 11) is 0. The first kappa shape index (κ1) is 17.4. The van der Waals surface area contributed by atoms with Gasteiger partial charge in [-0.1, -0.05) is 17.8 Å². The van der Waals surface area contributed by atoms with Gasteiger partial charge < -0.3 is 11.2 Å². The van der Waals surface area contributed by atoms with Crippen LogP contribution in [0, 0.1) is 11.6 Å². The van der Waals surface area contributed by atoms with Gasteiger partial charge >= 0.3 is 0 Å². The van der Waals surface area contributed by atoms with Gasteiger partial charge in [0.1, 0.15) is 0 Å². The molecule has 130 valence electrons. The number of nitrogen functional groups attached to an aromatic ring is 1. The van der Waals surface area contributed by atoms with Crippen LogP contribution < -0.4 is 11.2 Å². The SMILES string of the molecule is CC(Sc1nnc(-c2cccs2)n1N)C(=O)Nc1ccc(F)c(F)c1. The lowest BCUT2D eigenvalue weighted by Gasteiger charge is -2.11. The number of aromatic nitrogens is 3. The second-order valence-electron chi connectivity index (χ2n) is 5.03. The molecule has 10 heteroatoms. The topological polar surface area (TPSA) is 85.8 Å². The molecule has 1 unspecified atom stereocenters. The first-order chi connectivity index (χ1) is 12.0. The molecule has 0 spiro atoms. The third kappa shape index (κ3) is 3.80. The van der Waals surface area contributed by atoms with Crippen molar-refractivity contribution in [2.75, 3.05) is 11.2 Å². The van der Waals surface area contributed by atoms with Gasteiger partial charge in [-0.3, -0.25) is 4.79 Å². The molecule has 6 nitrogen and oxygen atoms in total. The Hall–Kier alpha value is -2.46. The number of thiophene rings is 1. The molecule has 0 aliphatic heterocycles. The first-order valence-corrected chi connectivity index (χ1v) is 8.88. The lowest BCUT2D eigenvalue weighted by molar-refractivity contribution is -0.115. The van der Waals surface area contributed by atoms with Crippen molar-refractivity contribution in [3.63, 3.8) is 0 Å². The van der Waals surface area contributed by atoms with Crippen LogP contribution in [0.25, 0.3) is 10.7 Å². The summed E-state index contributed by atoms with van der Waals surface area (Å²) in [6.45, 7) is 1.65. The highest BCUT2D eigenvalue weighted by Crippen LogP contribution is 2.27. The van der Waals surface area contributed by atoms with E-state index < -0.39 is 22.8 Å². The lowest BCUT2D eigenvalue weighted by atomic mass is 10.3. The number of benzene rings is 1. The molecule has 0 radical (unpaired) electrons. The monoisotopic (exact) mass is 381 g/mol. The molecule has 3 rings (SSSR count). The van der Waals surface area contributed by atoms with E-state index in [-0.39, 0.29) is 5.69 Å². The molecule has 3 N–H and O–H groups in total. The van der Waals surface area contributed by atoms with Crippen molar-refractivity contribution in [2.45, 2.75) is 17.3 Å². The Morgan fingerprint density at radius 2 is 2.12 bits per heavy atom. The van der Waals surface area contributed by atoms with E-state index in [9.17, 15) is 13.6 Å². The maximum Gasteiger partial charge on any atom is 0.237 e. The predicted octanol–water partition coefficient (Wildman–Crippen LogP) is 3.12. The van der Waals surface area contributed by atoms with Crippen molar-refractivity contribution in [1.82, 2.24) is 14.9 Å². The lowest BCUT2D eigenvalue weighted by Crippen LogP contribution is -2.23. The van der Waals surface area contributed by atoms with Crippen LogP contribution in [0.1, 0.15) is 6.92 Å². The van der Waals surface area contributed by atoms with Gasteiger partial charge in [0.05, 0.1) is 10.1 Å². The number of carbonyl (C=O) groups is 1. The van der Waals surface area contributed by atoms with E-state index in [0.29, 0.717) is 11.0 Å². The number of carbonyl (C=O) groups excluding carboxylic acids is 1. The van der Waals surface area contributed by atoms with Crippen LogP contribution >= 0.6 is 23.1 Å². The summed E-state index contributed by atoms with van der Waals surface area (Å²) >= 11 is 2.59. The molecule has 0 aliphatic rings. The van der Waals surface area contributed by atoms with Crippen molar-refractivity contribution in [3.05, 3.63) is 47.3 Å². The summed E-state index contributed by atoms with van der Waals surface area (Å²) in [6, 6.07) is 6.90.